The summed E-state index contributed by atoms with van der Waals surface area (Å²) in [4.78, 5) is 13.3. The summed E-state index contributed by atoms with van der Waals surface area (Å²) in [6, 6.07) is 20.9. The van der Waals surface area contributed by atoms with Crippen molar-refractivity contribution in [3.8, 4) is 5.75 Å². The summed E-state index contributed by atoms with van der Waals surface area (Å²) in [5, 5.41) is 1.07. The van der Waals surface area contributed by atoms with Gasteiger partial charge in [0.25, 0.3) is 10.0 Å². The van der Waals surface area contributed by atoms with Gasteiger partial charge in [0.05, 0.1) is 17.5 Å². The monoisotopic (exact) mass is 425 g/mol. The van der Waals surface area contributed by atoms with Gasteiger partial charge in [-0.2, -0.15) is 0 Å². The quantitative estimate of drug-likeness (QED) is 0.432. The predicted octanol–water partition coefficient (Wildman–Crippen LogP) is 4.77. The molecule has 146 valence electrons. The standard InChI is InChI=1S/C22H16ClNO4S/c1-28-18-11-12-20-16(13-18)14-21(22(25)15-7-9-17(23)10-8-15)24(20)29(26,27)19-5-3-2-4-6-19/h2-14H,1H3. The van der Waals surface area contributed by atoms with Crippen LogP contribution >= 0.6 is 11.6 Å². The minimum absolute atomic E-state index is 0.0411. The van der Waals surface area contributed by atoms with E-state index < -0.39 is 15.8 Å². The Kier molecular flexibility index (Phi) is 4.90. The molecule has 0 aliphatic carbocycles. The van der Waals surface area contributed by atoms with Crippen molar-refractivity contribution in [2.24, 2.45) is 0 Å². The number of methoxy groups -OCH3 is 1. The van der Waals surface area contributed by atoms with Crippen LogP contribution in [0.4, 0.5) is 0 Å². The van der Waals surface area contributed by atoms with E-state index in [2.05, 4.69) is 0 Å². The van der Waals surface area contributed by atoms with Crippen LogP contribution in [0.5, 0.6) is 5.75 Å². The van der Waals surface area contributed by atoms with Gasteiger partial charge >= 0.3 is 0 Å². The van der Waals surface area contributed by atoms with Crippen LogP contribution < -0.4 is 4.74 Å². The average molecular weight is 426 g/mol. The summed E-state index contributed by atoms with van der Waals surface area (Å²) in [6.07, 6.45) is 0. The van der Waals surface area contributed by atoms with Crippen LogP contribution in [-0.2, 0) is 10.0 Å². The smallest absolute Gasteiger partial charge is 0.268 e. The Balaban J connectivity index is 2.00. The lowest BCUT2D eigenvalue weighted by Gasteiger charge is -2.12. The molecule has 0 atom stereocenters. The van der Waals surface area contributed by atoms with E-state index in [4.69, 9.17) is 16.3 Å². The Morgan fingerprint density at radius 2 is 1.62 bits per heavy atom. The van der Waals surface area contributed by atoms with E-state index in [1.165, 1.54) is 19.2 Å². The summed E-state index contributed by atoms with van der Waals surface area (Å²) in [7, 11) is -2.48. The molecule has 7 heteroatoms. The highest BCUT2D eigenvalue weighted by molar-refractivity contribution is 7.90. The molecule has 0 unspecified atom stereocenters. The second-order valence-electron chi connectivity index (χ2n) is 6.37. The molecule has 0 N–H and O–H groups in total. The van der Waals surface area contributed by atoms with E-state index in [0.717, 1.165) is 3.97 Å². The molecule has 0 aliphatic rings. The van der Waals surface area contributed by atoms with E-state index in [-0.39, 0.29) is 10.6 Å². The highest BCUT2D eigenvalue weighted by Crippen LogP contribution is 2.30. The molecule has 4 aromatic rings. The number of hydrogen-bond donors (Lipinski definition) is 0. The van der Waals surface area contributed by atoms with Crippen molar-refractivity contribution in [3.05, 3.63) is 95.1 Å². The molecule has 5 nitrogen and oxygen atoms in total. The van der Waals surface area contributed by atoms with Crippen LogP contribution in [0, 0.1) is 0 Å². The number of benzene rings is 3. The molecule has 3 aromatic carbocycles. The summed E-state index contributed by atoms with van der Waals surface area (Å²) in [6.45, 7) is 0. The Bertz CT molecular complexity index is 1310. The van der Waals surface area contributed by atoms with Crippen LogP contribution in [-0.4, -0.2) is 25.3 Å². The van der Waals surface area contributed by atoms with Gasteiger partial charge in [-0.25, -0.2) is 12.4 Å². The first kappa shape index (κ1) is 19.2. The average Bonchev–Trinajstić information content (AvgIpc) is 3.13. The number of rotatable bonds is 5. The molecule has 1 heterocycles. The summed E-state index contributed by atoms with van der Waals surface area (Å²) >= 11 is 5.92. The van der Waals surface area contributed by atoms with Crippen molar-refractivity contribution in [2.75, 3.05) is 7.11 Å². The topological polar surface area (TPSA) is 65.4 Å². The van der Waals surface area contributed by atoms with Gasteiger partial charge in [0, 0.05) is 16.0 Å². The number of halogens is 1. The maximum atomic E-state index is 13.4. The molecule has 4 rings (SSSR count). The fraction of sp³-hybridized carbons (Fsp3) is 0.0455. The first-order valence-electron chi connectivity index (χ1n) is 8.72. The third kappa shape index (κ3) is 3.41. The van der Waals surface area contributed by atoms with Crippen LogP contribution in [0.1, 0.15) is 16.1 Å². The number of carbonyl (C=O) groups excluding carboxylic acids is 1. The van der Waals surface area contributed by atoms with Crippen molar-refractivity contribution in [3.63, 3.8) is 0 Å². The Morgan fingerprint density at radius 1 is 0.931 bits per heavy atom. The van der Waals surface area contributed by atoms with Gasteiger partial charge < -0.3 is 4.74 Å². The Morgan fingerprint density at radius 3 is 2.28 bits per heavy atom. The number of carbonyl (C=O) groups is 1. The normalized spacial score (nSPS) is 11.5. The van der Waals surface area contributed by atoms with Gasteiger partial charge in [-0.1, -0.05) is 29.8 Å². The second-order valence-corrected chi connectivity index (χ2v) is 8.60. The van der Waals surface area contributed by atoms with E-state index in [0.29, 0.717) is 27.2 Å². The minimum Gasteiger partial charge on any atom is -0.497 e. The predicted molar refractivity (Wildman–Crippen MR) is 112 cm³/mol. The fourth-order valence-corrected chi connectivity index (χ4v) is 4.82. The molecule has 0 spiro atoms. The van der Waals surface area contributed by atoms with E-state index in [1.54, 1.807) is 66.7 Å². The molecule has 0 saturated heterocycles. The van der Waals surface area contributed by atoms with Gasteiger partial charge in [-0.15, -0.1) is 0 Å². The van der Waals surface area contributed by atoms with Crippen LogP contribution in [0.3, 0.4) is 0 Å². The van der Waals surface area contributed by atoms with Gasteiger partial charge in [0.15, 0.2) is 0 Å². The molecule has 0 fully saturated rings. The molecular weight excluding hydrogens is 410 g/mol. The third-order valence-corrected chi connectivity index (χ3v) is 6.58. The van der Waals surface area contributed by atoms with Gasteiger partial charge in [0.1, 0.15) is 11.4 Å². The van der Waals surface area contributed by atoms with Crippen molar-refractivity contribution >= 4 is 38.3 Å². The van der Waals surface area contributed by atoms with Crippen molar-refractivity contribution < 1.29 is 17.9 Å². The SMILES string of the molecule is COc1ccc2c(c1)cc(C(=O)c1ccc(Cl)cc1)n2S(=O)(=O)c1ccccc1. The maximum Gasteiger partial charge on any atom is 0.268 e. The zero-order valence-electron chi connectivity index (χ0n) is 15.4. The fourth-order valence-electron chi connectivity index (χ4n) is 3.16. The molecule has 0 aliphatic heterocycles. The minimum atomic E-state index is -4.00. The molecular formula is C22H16ClNO4S. The van der Waals surface area contributed by atoms with E-state index >= 15 is 0 Å². The highest BCUT2D eigenvalue weighted by atomic mass is 35.5. The van der Waals surface area contributed by atoms with Crippen LogP contribution in [0.25, 0.3) is 10.9 Å². The lowest BCUT2D eigenvalue weighted by Crippen LogP contribution is -2.19. The largest absolute Gasteiger partial charge is 0.497 e. The van der Waals surface area contributed by atoms with Gasteiger partial charge in [0.2, 0.25) is 5.78 Å². The summed E-state index contributed by atoms with van der Waals surface area (Å²) in [5.74, 6) is 0.147. The number of nitrogens with zero attached hydrogens (tertiary/aromatic N) is 1. The van der Waals surface area contributed by atoms with Crippen molar-refractivity contribution in [2.45, 2.75) is 4.90 Å². The van der Waals surface area contributed by atoms with Gasteiger partial charge in [-0.3, -0.25) is 4.79 Å². The lowest BCUT2D eigenvalue weighted by atomic mass is 10.1. The Labute approximate surface area is 173 Å². The molecule has 0 radical (unpaired) electrons. The first-order chi connectivity index (χ1) is 13.9. The molecule has 0 bridgehead atoms. The number of aromatic nitrogens is 1. The van der Waals surface area contributed by atoms with Crippen molar-refractivity contribution in [1.82, 2.24) is 3.97 Å². The van der Waals surface area contributed by atoms with E-state index in [1.807, 2.05) is 0 Å². The highest BCUT2D eigenvalue weighted by Gasteiger charge is 2.27. The third-order valence-electron chi connectivity index (χ3n) is 4.58. The molecule has 29 heavy (non-hydrogen) atoms. The number of fused-ring (bicyclic) bond motifs is 1. The zero-order chi connectivity index (χ0) is 20.6. The summed E-state index contributed by atoms with van der Waals surface area (Å²) in [5.41, 5.74) is 0.778. The van der Waals surface area contributed by atoms with E-state index in [9.17, 15) is 13.2 Å². The Hall–Kier alpha value is -3.09. The number of hydrogen-bond acceptors (Lipinski definition) is 4. The van der Waals surface area contributed by atoms with Crippen LogP contribution in [0.15, 0.2) is 83.8 Å². The summed E-state index contributed by atoms with van der Waals surface area (Å²) < 4.78 is 33.2. The molecule has 1 aromatic heterocycles. The number of ketones is 1. The number of ether oxygens (including phenoxy) is 1. The van der Waals surface area contributed by atoms with Crippen molar-refractivity contribution in [1.29, 1.82) is 0 Å². The van der Waals surface area contributed by atoms with Crippen LogP contribution in [0.2, 0.25) is 5.02 Å². The zero-order valence-corrected chi connectivity index (χ0v) is 16.9. The molecule has 0 amide bonds. The van der Waals surface area contributed by atoms with Gasteiger partial charge in [-0.05, 0) is 60.7 Å². The molecule has 0 saturated carbocycles. The maximum absolute atomic E-state index is 13.4. The first-order valence-corrected chi connectivity index (χ1v) is 10.5. The second kappa shape index (κ2) is 7.39. The lowest BCUT2D eigenvalue weighted by molar-refractivity contribution is 0.103.